The van der Waals surface area contributed by atoms with Crippen LogP contribution in [-0.4, -0.2) is 17.9 Å². The highest BCUT2D eigenvalue weighted by atomic mass is 16.5. The second-order valence-electron chi connectivity index (χ2n) is 4.79. The van der Waals surface area contributed by atoms with Crippen molar-refractivity contribution in [2.45, 2.75) is 20.0 Å². The summed E-state index contributed by atoms with van der Waals surface area (Å²) in [7, 11) is 0. The molecule has 2 aromatic rings. The maximum atomic E-state index is 11.8. The second kappa shape index (κ2) is 4.09. The van der Waals surface area contributed by atoms with Gasteiger partial charge in [-0.3, -0.25) is 14.9 Å². The lowest BCUT2D eigenvalue weighted by molar-refractivity contribution is 0.0845. The van der Waals surface area contributed by atoms with Crippen molar-refractivity contribution < 1.29 is 14.3 Å². The number of carbonyl (C=O) groups is 2. The molecule has 0 aliphatic carbocycles. The van der Waals surface area contributed by atoms with E-state index in [0.717, 1.165) is 5.39 Å². The largest absolute Gasteiger partial charge is 0.490 e. The van der Waals surface area contributed by atoms with Gasteiger partial charge in [0.15, 0.2) is 0 Å². The first-order valence-corrected chi connectivity index (χ1v) is 6.16. The van der Waals surface area contributed by atoms with Crippen LogP contribution in [0.15, 0.2) is 30.3 Å². The lowest BCUT2D eigenvalue weighted by Gasteiger charge is -2.19. The molecule has 1 heterocycles. The van der Waals surface area contributed by atoms with Gasteiger partial charge >= 0.3 is 0 Å². The van der Waals surface area contributed by atoms with E-state index in [1.54, 1.807) is 24.3 Å². The number of benzene rings is 2. The summed E-state index contributed by atoms with van der Waals surface area (Å²) in [5, 5.41) is 3.81. The molecule has 0 bridgehead atoms. The van der Waals surface area contributed by atoms with E-state index >= 15 is 0 Å². The molecule has 0 saturated heterocycles. The standard InChI is InChI=1S/C15H13NO3/c1-8(2)19-12-7-6-11-13-9(12)4-3-5-10(13)14(17)16-15(11)18/h3-8H,1-2H3,(H,16,17,18). The predicted octanol–water partition coefficient (Wildman–Crippen LogP) is 2.51. The molecule has 96 valence electrons. The molecule has 2 amide bonds. The molecule has 0 spiro atoms. The van der Waals surface area contributed by atoms with Crippen molar-refractivity contribution >= 4 is 22.6 Å². The zero-order chi connectivity index (χ0) is 13.6. The third kappa shape index (κ3) is 1.76. The van der Waals surface area contributed by atoms with E-state index in [-0.39, 0.29) is 17.9 Å². The first-order chi connectivity index (χ1) is 9.08. The third-order valence-corrected chi connectivity index (χ3v) is 3.08. The summed E-state index contributed by atoms with van der Waals surface area (Å²) < 4.78 is 5.73. The lowest BCUT2D eigenvalue weighted by Crippen LogP contribution is -2.34. The third-order valence-electron chi connectivity index (χ3n) is 3.08. The van der Waals surface area contributed by atoms with Crippen LogP contribution in [0.4, 0.5) is 0 Å². The molecule has 19 heavy (non-hydrogen) atoms. The van der Waals surface area contributed by atoms with Crippen LogP contribution in [0.3, 0.4) is 0 Å². The summed E-state index contributed by atoms with van der Waals surface area (Å²) in [6.07, 6.45) is 0.0326. The molecular weight excluding hydrogens is 242 g/mol. The minimum absolute atomic E-state index is 0.0326. The number of hydrogen-bond donors (Lipinski definition) is 1. The second-order valence-corrected chi connectivity index (χ2v) is 4.79. The van der Waals surface area contributed by atoms with Gasteiger partial charge in [0, 0.05) is 21.9 Å². The number of ether oxygens (including phenoxy) is 1. The minimum atomic E-state index is -0.357. The van der Waals surface area contributed by atoms with Crippen LogP contribution >= 0.6 is 0 Å². The highest BCUT2D eigenvalue weighted by Crippen LogP contribution is 2.33. The number of imide groups is 1. The quantitative estimate of drug-likeness (QED) is 0.839. The monoisotopic (exact) mass is 255 g/mol. The lowest BCUT2D eigenvalue weighted by atomic mass is 9.95. The number of rotatable bonds is 2. The van der Waals surface area contributed by atoms with Gasteiger partial charge in [0.25, 0.3) is 11.8 Å². The van der Waals surface area contributed by atoms with Crippen molar-refractivity contribution in [2.75, 3.05) is 0 Å². The van der Waals surface area contributed by atoms with Gasteiger partial charge in [-0.1, -0.05) is 12.1 Å². The zero-order valence-corrected chi connectivity index (χ0v) is 10.7. The summed E-state index contributed by atoms with van der Waals surface area (Å²) in [6.45, 7) is 3.88. The van der Waals surface area contributed by atoms with Crippen LogP contribution < -0.4 is 10.1 Å². The maximum Gasteiger partial charge on any atom is 0.258 e. The molecule has 1 N–H and O–H groups in total. The molecular formula is C15H13NO3. The van der Waals surface area contributed by atoms with Gasteiger partial charge in [-0.05, 0) is 32.0 Å². The van der Waals surface area contributed by atoms with Crippen LogP contribution in [0.25, 0.3) is 10.8 Å². The van der Waals surface area contributed by atoms with Gasteiger partial charge in [0.05, 0.1) is 6.10 Å². The molecule has 0 radical (unpaired) electrons. The Hall–Kier alpha value is -2.36. The topological polar surface area (TPSA) is 55.4 Å². The van der Waals surface area contributed by atoms with E-state index in [9.17, 15) is 9.59 Å². The average molecular weight is 255 g/mol. The van der Waals surface area contributed by atoms with E-state index in [4.69, 9.17) is 4.74 Å². The molecule has 4 heteroatoms. The van der Waals surface area contributed by atoms with Gasteiger partial charge in [0.1, 0.15) is 5.75 Å². The maximum absolute atomic E-state index is 11.8. The smallest absolute Gasteiger partial charge is 0.258 e. The Morgan fingerprint density at radius 1 is 1.00 bits per heavy atom. The fourth-order valence-corrected chi connectivity index (χ4v) is 2.35. The number of hydrogen-bond acceptors (Lipinski definition) is 3. The molecule has 0 saturated carbocycles. The molecule has 0 unspecified atom stereocenters. The number of nitrogens with one attached hydrogen (secondary N) is 1. The van der Waals surface area contributed by atoms with Crippen molar-refractivity contribution in [1.82, 2.24) is 5.32 Å². The van der Waals surface area contributed by atoms with E-state index in [1.165, 1.54) is 0 Å². The first-order valence-electron chi connectivity index (χ1n) is 6.16. The summed E-state index contributed by atoms with van der Waals surface area (Å²) in [5.74, 6) is -0.0207. The summed E-state index contributed by atoms with van der Waals surface area (Å²) >= 11 is 0. The van der Waals surface area contributed by atoms with Crippen molar-refractivity contribution in [3.8, 4) is 5.75 Å². The van der Waals surface area contributed by atoms with Gasteiger partial charge in [-0.25, -0.2) is 0 Å². The highest BCUT2D eigenvalue weighted by Gasteiger charge is 2.25. The number of carbonyl (C=O) groups excluding carboxylic acids is 2. The fraction of sp³-hybridized carbons (Fsp3) is 0.200. The van der Waals surface area contributed by atoms with Crippen molar-refractivity contribution in [3.63, 3.8) is 0 Å². The van der Waals surface area contributed by atoms with Gasteiger partial charge < -0.3 is 4.74 Å². The average Bonchev–Trinajstić information content (AvgIpc) is 2.36. The van der Waals surface area contributed by atoms with Gasteiger partial charge in [-0.15, -0.1) is 0 Å². The van der Waals surface area contributed by atoms with Crippen LogP contribution in [0.5, 0.6) is 5.75 Å². The fourth-order valence-electron chi connectivity index (χ4n) is 2.35. The molecule has 3 rings (SSSR count). The minimum Gasteiger partial charge on any atom is -0.490 e. The molecule has 0 atom stereocenters. The number of amides is 2. The van der Waals surface area contributed by atoms with Crippen LogP contribution in [0, 0.1) is 0 Å². The van der Waals surface area contributed by atoms with Gasteiger partial charge in [-0.2, -0.15) is 0 Å². The van der Waals surface area contributed by atoms with E-state index in [1.807, 2.05) is 19.9 Å². The Bertz CT molecular complexity index is 684. The molecule has 2 aromatic carbocycles. The highest BCUT2D eigenvalue weighted by molar-refractivity contribution is 6.26. The van der Waals surface area contributed by atoms with Crippen molar-refractivity contribution in [2.24, 2.45) is 0 Å². The molecule has 0 fully saturated rings. The zero-order valence-electron chi connectivity index (χ0n) is 10.7. The normalized spacial score (nSPS) is 13.8. The van der Waals surface area contributed by atoms with E-state index in [2.05, 4.69) is 5.32 Å². The van der Waals surface area contributed by atoms with Crippen LogP contribution in [0.2, 0.25) is 0 Å². The van der Waals surface area contributed by atoms with Crippen LogP contribution in [-0.2, 0) is 0 Å². The molecule has 1 aliphatic heterocycles. The van der Waals surface area contributed by atoms with Crippen molar-refractivity contribution in [1.29, 1.82) is 0 Å². The molecule has 0 aromatic heterocycles. The summed E-state index contributed by atoms with van der Waals surface area (Å²) in [5.41, 5.74) is 1.03. The van der Waals surface area contributed by atoms with E-state index < -0.39 is 0 Å². The van der Waals surface area contributed by atoms with Gasteiger partial charge in [0.2, 0.25) is 0 Å². The first kappa shape index (κ1) is 11.7. The van der Waals surface area contributed by atoms with Crippen molar-refractivity contribution in [3.05, 3.63) is 41.5 Å². The summed E-state index contributed by atoms with van der Waals surface area (Å²) in [6, 6.07) is 8.85. The Morgan fingerprint density at radius 3 is 2.37 bits per heavy atom. The Balaban J connectivity index is 2.35. The predicted molar refractivity (Wildman–Crippen MR) is 71.5 cm³/mol. The summed E-state index contributed by atoms with van der Waals surface area (Å²) in [4.78, 5) is 23.7. The Kier molecular flexibility index (Phi) is 2.52. The molecule has 1 aliphatic rings. The Labute approximate surface area is 110 Å². The molecule has 4 nitrogen and oxygen atoms in total. The van der Waals surface area contributed by atoms with E-state index in [0.29, 0.717) is 22.3 Å². The van der Waals surface area contributed by atoms with Crippen LogP contribution in [0.1, 0.15) is 34.6 Å². The SMILES string of the molecule is CC(C)Oc1ccc2c3c(cccc13)C(=O)NC2=O. The Morgan fingerprint density at radius 2 is 1.68 bits per heavy atom.